The van der Waals surface area contributed by atoms with E-state index in [4.69, 9.17) is 44.3 Å². The number of alkyl halides is 5. The molecular formula is C29H25Cl3F5N2O6S2+. The summed E-state index contributed by atoms with van der Waals surface area (Å²) >= 11 is 19.3. The summed E-state index contributed by atoms with van der Waals surface area (Å²) in [4.78, 5) is 15.4. The first-order chi connectivity index (χ1) is 22.1. The van der Waals surface area contributed by atoms with Gasteiger partial charge in [0.2, 0.25) is 10.0 Å². The molecule has 5 rings (SSSR count). The van der Waals surface area contributed by atoms with Crippen LogP contribution in [0.15, 0.2) is 53.7 Å². The highest BCUT2D eigenvalue weighted by atomic mass is 35.5. The Morgan fingerprint density at radius 2 is 1.74 bits per heavy atom. The summed E-state index contributed by atoms with van der Waals surface area (Å²) in [5, 5.41) is -1.56. The van der Waals surface area contributed by atoms with E-state index in [9.17, 15) is 35.2 Å². The van der Waals surface area contributed by atoms with Gasteiger partial charge < -0.3 is 14.2 Å². The molecule has 1 N–H and O–H groups in total. The minimum atomic E-state index is -5.06. The lowest BCUT2D eigenvalue weighted by Crippen LogP contribution is -2.41. The van der Waals surface area contributed by atoms with Crippen LogP contribution in [0.1, 0.15) is 35.6 Å². The Morgan fingerprint density at radius 1 is 1.04 bits per heavy atom. The summed E-state index contributed by atoms with van der Waals surface area (Å²) in [6, 6.07) is 6.16. The maximum atomic E-state index is 13.8. The number of rotatable bonds is 12. The molecule has 2 atom stereocenters. The van der Waals surface area contributed by atoms with Gasteiger partial charge in [0.25, 0.3) is 0 Å². The maximum Gasteiger partial charge on any atom is 0.417 e. The SMILES string of the molecule is O=C(O[C@@H](Cc1c(Cl)c[nH+]cc1Cl)c1ccc(OC(F)F)c(OCC2CC2)c1)[C@@H]1SCCN1S(=O)(=O)c1ccc(Cl)cc1C(F)(F)F. The number of nitrogens with zero attached hydrogens (tertiary/aromatic N) is 1. The number of nitrogens with one attached hydrogen (secondary N) is 1. The summed E-state index contributed by atoms with van der Waals surface area (Å²) in [6.45, 7) is -3.21. The first kappa shape index (κ1) is 35.7. The van der Waals surface area contributed by atoms with Gasteiger partial charge in [0.1, 0.15) is 16.1 Å². The van der Waals surface area contributed by atoms with Gasteiger partial charge in [0.15, 0.2) is 29.3 Å². The van der Waals surface area contributed by atoms with Crippen molar-refractivity contribution < 1.29 is 54.4 Å². The number of aromatic nitrogens is 1. The average molecular weight is 763 g/mol. The van der Waals surface area contributed by atoms with Gasteiger partial charge in [-0.3, -0.25) is 0 Å². The van der Waals surface area contributed by atoms with Gasteiger partial charge in [0.05, 0.1) is 17.1 Å². The summed E-state index contributed by atoms with van der Waals surface area (Å²) in [5.41, 5.74) is -0.917. The molecule has 3 aromatic rings. The summed E-state index contributed by atoms with van der Waals surface area (Å²) in [7, 11) is -4.89. The van der Waals surface area contributed by atoms with E-state index in [0.29, 0.717) is 15.9 Å². The van der Waals surface area contributed by atoms with Crippen LogP contribution in [0.5, 0.6) is 11.5 Å². The lowest BCUT2D eigenvalue weighted by atomic mass is 10.0. The molecule has 1 saturated carbocycles. The third-order valence-corrected chi connectivity index (χ3v) is 11.4. The van der Waals surface area contributed by atoms with Crippen molar-refractivity contribution in [2.75, 3.05) is 18.9 Å². The fourth-order valence-corrected chi connectivity index (χ4v) is 8.71. The maximum absolute atomic E-state index is 13.8. The van der Waals surface area contributed by atoms with Crippen LogP contribution in [-0.4, -0.2) is 49.6 Å². The number of sulfonamides is 1. The standard InChI is InChI=1S/C29H24Cl3F5N2O6S2/c30-17-4-6-25(19(10-17)29(35,36)37)47(41,42)39-7-8-46-26(39)27(40)44-23(11-18-20(31)12-38-13-21(18)32)16-3-5-22(45-28(33)34)24(9-16)43-14-15-1-2-15/h3-6,9-10,12-13,15,23,26,28H,1-2,7-8,11,14H2/p+1/t23-,26-/m0/s1. The lowest BCUT2D eigenvalue weighted by molar-refractivity contribution is -0.377. The second-order valence-corrected chi connectivity index (χ2v) is 14.9. The van der Waals surface area contributed by atoms with E-state index >= 15 is 0 Å². The first-order valence-electron chi connectivity index (χ1n) is 13.9. The van der Waals surface area contributed by atoms with Crippen molar-refractivity contribution in [3.8, 4) is 11.5 Å². The predicted octanol–water partition coefficient (Wildman–Crippen LogP) is 7.46. The predicted molar refractivity (Wildman–Crippen MR) is 163 cm³/mol. The van der Waals surface area contributed by atoms with Crippen molar-refractivity contribution in [3.05, 3.63) is 80.6 Å². The van der Waals surface area contributed by atoms with Crippen LogP contribution in [0.25, 0.3) is 0 Å². The van der Waals surface area contributed by atoms with Gasteiger partial charge in [-0.15, -0.1) is 11.8 Å². The number of aromatic amines is 1. The molecule has 0 bridgehead atoms. The van der Waals surface area contributed by atoms with Gasteiger partial charge >= 0.3 is 18.8 Å². The van der Waals surface area contributed by atoms with Crippen molar-refractivity contribution >= 4 is 62.6 Å². The molecule has 2 heterocycles. The van der Waals surface area contributed by atoms with Crippen LogP contribution < -0.4 is 14.5 Å². The van der Waals surface area contributed by atoms with E-state index in [1.54, 1.807) is 0 Å². The molecule has 1 aliphatic heterocycles. The van der Waals surface area contributed by atoms with Gasteiger partial charge in [-0.1, -0.05) is 40.9 Å². The first-order valence-corrected chi connectivity index (χ1v) is 17.5. The monoisotopic (exact) mass is 761 g/mol. The highest BCUT2D eigenvalue weighted by molar-refractivity contribution is 8.02. The number of thioether (sulfide) groups is 1. The molecule has 2 aromatic carbocycles. The van der Waals surface area contributed by atoms with Crippen molar-refractivity contribution in [2.45, 2.75) is 48.4 Å². The minimum Gasteiger partial charge on any atom is -0.489 e. The number of H-pyrrole nitrogens is 1. The van der Waals surface area contributed by atoms with E-state index in [-0.39, 0.29) is 63.4 Å². The Bertz CT molecular complexity index is 1730. The second-order valence-electron chi connectivity index (χ2n) is 10.6. The Balaban J connectivity index is 1.49. The average Bonchev–Trinajstić information content (AvgIpc) is 3.68. The summed E-state index contributed by atoms with van der Waals surface area (Å²) in [6.07, 6.45) is -1.79. The molecule has 0 amide bonds. The lowest BCUT2D eigenvalue weighted by Gasteiger charge is -2.26. The molecule has 47 heavy (non-hydrogen) atoms. The molecular weight excluding hydrogens is 738 g/mol. The zero-order valence-corrected chi connectivity index (χ0v) is 27.8. The van der Waals surface area contributed by atoms with Crippen molar-refractivity contribution in [2.24, 2.45) is 5.92 Å². The van der Waals surface area contributed by atoms with Gasteiger partial charge in [-0.05, 0) is 54.7 Å². The number of benzene rings is 2. The zero-order chi connectivity index (χ0) is 34.1. The molecule has 1 aromatic heterocycles. The largest absolute Gasteiger partial charge is 0.489 e. The molecule has 8 nitrogen and oxygen atoms in total. The normalized spacial score (nSPS) is 17.9. The van der Waals surface area contributed by atoms with E-state index < -0.39 is 50.7 Å². The molecule has 0 unspecified atom stereocenters. The van der Waals surface area contributed by atoms with Crippen LogP contribution in [0, 0.1) is 5.92 Å². The molecule has 254 valence electrons. The van der Waals surface area contributed by atoms with Gasteiger partial charge in [0, 0.05) is 29.3 Å². The molecule has 1 saturated heterocycles. The number of carbonyl (C=O) groups excluding carboxylic acids is 1. The molecule has 2 aliphatic rings. The minimum absolute atomic E-state index is 0.0452. The van der Waals surface area contributed by atoms with E-state index in [2.05, 4.69) is 9.72 Å². The Labute approximate surface area is 285 Å². The number of esters is 1. The number of hydrogen-bond acceptors (Lipinski definition) is 7. The van der Waals surface area contributed by atoms with Crippen LogP contribution in [0.2, 0.25) is 15.1 Å². The van der Waals surface area contributed by atoms with E-state index in [1.165, 1.54) is 30.6 Å². The van der Waals surface area contributed by atoms with Crippen LogP contribution in [0.4, 0.5) is 22.0 Å². The van der Waals surface area contributed by atoms with Crippen LogP contribution in [-0.2, 0) is 32.2 Å². The smallest absolute Gasteiger partial charge is 0.417 e. The van der Waals surface area contributed by atoms with Gasteiger partial charge in [-0.2, -0.15) is 26.3 Å². The van der Waals surface area contributed by atoms with Crippen LogP contribution >= 0.6 is 46.6 Å². The molecule has 1 aliphatic carbocycles. The summed E-state index contributed by atoms with van der Waals surface area (Å²) in [5.74, 6) is -1.07. The quantitative estimate of drug-likeness (QED) is 0.140. The number of carbonyl (C=O) groups is 1. The number of hydrogen-bond donors (Lipinski definition) is 0. The molecule has 0 radical (unpaired) electrons. The van der Waals surface area contributed by atoms with E-state index in [1.807, 2.05) is 0 Å². The third-order valence-electron chi connectivity index (χ3n) is 7.26. The molecule has 0 spiro atoms. The molecule has 18 heteroatoms. The third kappa shape index (κ3) is 8.54. The highest BCUT2D eigenvalue weighted by Gasteiger charge is 2.46. The molecule has 2 fully saturated rings. The number of halogens is 8. The Hall–Kier alpha value is -2.56. The fourth-order valence-electron chi connectivity index (χ4n) is 4.77. The summed E-state index contributed by atoms with van der Waals surface area (Å²) < 4.78 is 112. The van der Waals surface area contributed by atoms with Crippen molar-refractivity contribution in [3.63, 3.8) is 0 Å². The Morgan fingerprint density at radius 3 is 2.38 bits per heavy atom. The zero-order valence-electron chi connectivity index (χ0n) is 23.9. The van der Waals surface area contributed by atoms with Gasteiger partial charge in [-0.25, -0.2) is 18.2 Å². The number of pyridine rings is 1. The van der Waals surface area contributed by atoms with Crippen LogP contribution in [0.3, 0.4) is 0 Å². The van der Waals surface area contributed by atoms with E-state index in [0.717, 1.165) is 36.7 Å². The highest BCUT2D eigenvalue weighted by Crippen LogP contribution is 2.41. The van der Waals surface area contributed by atoms with Crippen molar-refractivity contribution in [1.29, 1.82) is 0 Å². The van der Waals surface area contributed by atoms with Crippen molar-refractivity contribution in [1.82, 2.24) is 4.31 Å². The number of ether oxygens (including phenoxy) is 3. The fraction of sp³-hybridized carbons (Fsp3) is 0.379. The Kier molecular flexibility index (Phi) is 11.0. The second kappa shape index (κ2) is 14.5. The topological polar surface area (TPSA) is 96.3 Å².